The lowest BCUT2D eigenvalue weighted by Gasteiger charge is -2.31. The molecule has 1 heterocycles. The summed E-state index contributed by atoms with van der Waals surface area (Å²) in [6, 6.07) is 6.39. The van der Waals surface area contributed by atoms with Gasteiger partial charge in [0.25, 0.3) is 0 Å². The number of carbonyl (C=O) groups excluding carboxylic acids is 1. The van der Waals surface area contributed by atoms with Gasteiger partial charge in [-0.25, -0.2) is 4.39 Å². The number of ether oxygens (including phenoxy) is 1. The number of amides is 1. The van der Waals surface area contributed by atoms with Crippen LogP contribution in [0, 0.1) is 5.82 Å². The molecule has 1 N–H and O–H groups in total. The van der Waals surface area contributed by atoms with Crippen LogP contribution >= 0.6 is 0 Å². The van der Waals surface area contributed by atoms with E-state index in [0.717, 1.165) is 50.2 Å². The lowest BCUT2D eigenvalue weighted by molar-refractivity contribution is -0.117. The zero-order chi connectivity index (χ0) is 16.7. The molecule has 1 aromatic rings. The van der Waals surface area contributed by atoms with Gasteiger partial charge in [0.05, 0.1) is 6.61 Å². The Kier molecular flexibility index (Phi) is 6.74. The molecule has 5 heteroatoms. The summed E-state index contributed by atoms with van der Waals surface area (Å²) in [5, 5.41) is 3.06. The van der Waals surface area contributed by atoms with Gasteiger partial charge in [-0.1, -0.05) is 12.1 Å². The number of benzene rings is 1. The summed E-state index contributed by atoms with van der Waals surface area (Å²) in [5.41, 5.74) is 1.69. The Labute approximate surface area is 137 Å². The van der Waals surface area contributed by atoms with Gasteiger partial charge in [-0.3, -0.25) is 4.79 Å². The summed E-state index contributed by atoms with van der Waals surface area (Å²) >= 11 is 0. The van der Waals surface area contributed by atoms with Crippen LogP contribution in [0.4, 0.5) is 4.39 Å². The number of nitrogens with zero attached hydrogens (tertiary/aromatic N) is 1. The van der Waals surface area contributed by atoms with E-state index >= 15 is 0 Å². The third-order valence-electron chi connectivity index (χ3n) is 4.19. The summed E-state index contributed by atoms with van der Waals surface area (Å²) in [6.45, 7) is 5.52. The second-order valence-corrected chi connectivity index (χ2v) is 5.95. The molecule has 126 valence electrons. The molecule has 1 fully saturated rings. The maximum Gasteiger partial charge on any atom is 0.244 e. The first-order valence-corrected chi connectivity index (χ1v) is 8.04. The Balaban J connectivity index is 1.81. The van der Waals surface area contributed by atoms with Crippen molar-refractivity contribution < 1.29 is 13.9 Å². The molecule has 1 aliphatic rings. The highest BCUT2D eigenvalue weighted by Gasteiger charge is 2.19. The summed E-state index contributed by atoms with van der Waals surface area (Å²) in [5.74, 6) is -0.353. The molecule has 4 nitrogen and oxygen atoms in total. The van der Waals surface area contributed by atoms with E-state index in [1.54, 1.807) is 25.3 Å². The molecule has 1 aromatic carbocycles. The number of hydrogen-bond donors (Lipinski definition) is 1. The fourth-order valence-electron chi connectivity index (χ4n) is 2.76. The first-order valence-electron chi connectivity index (χ1n) is 8.04. The number of nitrogens with one attached hydrogen (secondary N) is 1. The van der Waals surface area contributed by atoms with Gasteiger partial charge in [0.2, 0.25) is 5.91 Å². The molecular weight excluding hydrogens is 295 g/mol. The Hall–Kier alpha value is -1.72. The fraction of sp³-hybridized carbons (Fsp3) is 0.500. The van der Waals surface area contributed by atoms with Crippen LogP contribution in [0.5, 0.6) is 0 Å². The second-order valence-electron chi connectivity index (χ2n) is 5.95. The van der Waals surface area contributed by atoms with Gasteiger partial charge in [-0.15, -0.1) is 0 Å². The van der Waals surface area contributed by atoms with Gasteiger partial charge in [0.1, 0.15) is 5.82 Å². The van der Waals surface area contributed by atoms with Crippen molar-refractivity contribution in [1.82, 2.24) is 10.2 Å². The molecule has 0 aliphatic carbocycles. The quantitative estimate of drug-likeness (QED) is 0.819. The SMILES string of the molecule is COCCN1CCC(NC(=O)C=C(C)c2ccc(F)cc2)CC1. The molecule has 0 atom stereocenters. The number of likely N-dealkylation sites (tertiary alicyclic amines) is 1. The predicted octanol–water partition coefficient (Wildman–Crippen LogP) is 2.46. The third-order valence-corrected chi connectivity index (χ3v) is 4.19. The van der Waals surface area contributed by atoms with Crippen LogP contribution in [0.1, 0.15) is 25.3 Å². The maximum absolute atomic E-state index is 12.9. The third kappa shape index (κ3) is 5.77. The van der Waals surface area contributed by atoms with Crippen LogP contribution in [0.2, 0.25) is 0 Å². The summed E-state index contributed by atoms with van der Waals surface area (Å²) in [7, 11) is 1.71. The first kappa shape index (κ1) is 17.6. The molecule has 1 aliphatic heterocycles. The minimum atomic E-state index is -0.272. The topological polar surface area (TPSA) is 41.6 Å². The van der Waals surface area contributed by atoms with Gasteiger partial charge in [-0.05, 0) is 43.0 Å². The smallest absolute Gasteiger partial charge is 0.244 e. The molecule has 1 amide bonds. The predicted molar refractivity (Wildman–Crippen MR) is 89.5 cm³/mol. The summed E-state index contributed by atoms with van der Waals surface area (Å²) in [4.78, 5) is 14.5. The van der Waals surface area contributed by atoms with Gasteiger partial charge in [-0.2, -0.15) is 0 Å². The second kappa shape index (κ2) is 8.79. The molecule has 0 spiro atoms. The number of carbonyl (C=O) groups is 1. The van der Waals surface area contributed by atoms with E-state index < -0.39 is 0 Å². The van der Waals surface area contributed by atoms with Crippen molar-refractivity contribution in [3.8, 4) is 0 Å². The Morgan fingerprint density at radius 1 is 1.35 bits per heavy atom. The van der Waals surface area contributed by atoms with E-state index in [0.29, 0.717) is 0 Å². The minimum Gasteiger partial charge on any atom is -0.383 e. The Morgan fingerprint density at radius 3 is 2.61 bits per heavy atom. The maximum atomic E-state index is 12.9. The van der Waals surface area contributed by atoms with E-state index in [2.05, 4.69) is 10.2 Å². The van der Waals surface area contributed by atoms with E-state index in [1.807, 2.05) is 6.92 Å². The van der Waals surface area contributed by atoms with Crippen LogP contribution in [-0.4, -0.2) is 50.2 Å². The molecular formula is C18H25FN2O2. The number of piperidine rings is 1. The number of methoxy groups -OCH3 is 1. The molecule has 0 saturated carbocycles. The van der Waals surface area contributed by atoms with Gasteiger partial charge in [0.15, 0.2) is 0 Å². The van der Waals surface area contributed by atoms with Gasteiger partial charge in [0, 0.05) is 38.9 Å². The lowest BCUT2D eigenvalue weighted by Crippen LogP contribution is -2.45. The molecule has 0 bridgehead atoms. The molecule has 2 rings (SSSR count). The highest BCUT2D eigenvalue weighted by Crippen LogP contribution is 2.15. The van der Waals surface area contributed by atoms with E-state index in [9.17, 15) is 9.18 Å². The van der Waals surface area contributed by atoms with Crippen molar-refractivity contribution in [2.24, 2.45) is 0 Å². The first-order chi connectivity index (χ1) is 11.1. The van der Waals surface area contributed by atoms with Crippen molar-refractivity contribution in [3.05, 3.63) is 41.7 Å². The Morgan fingerprint density at radius 2 is 2.00 bits per heavy atom. The van der Waals surface area contributed by atoms with Crippen LogP contribution < -0.4 is 5.32 Å². The lowest BCUT2D eigenvalue weighted by atomic mass is 10.0. The highest BCUT2D eigenvalue weighted by molar-refractivity contribution is 5.94. The largest absolute Gasteiger partial charge is 0.383 e. The molecule has 23 heavy (non-hydrogen) atoms. The van der Waals surface area contributed by atoms with Crippen molar-refractivity contribution >= 4 is 11.5 Å². The monoisotopic (exact) mass is 320 g/mol. The van der Waals surface area contributed by atoms with E-state index in [1.165, 1.54) is 12.1 Å². The molecule has 0 unspecified atom stereocenters. The van der Waals surface area contributed by atoms with E-state index in [-0.39, 0.29) is 17.8 Å². The molecule has 1 saturated heterocycles. The number of halogens is 1. The van der Waals surface area contributed by atoms with E-state index in [4.69, 9.17) is 4.74 Å². The summed E-state index contributed by atoms with van der Waals surface area (Å²) < 4.78 is 18.0. The van der Waals surface area contributed by atoms with Gasteiger partial charge >= 0.3 is 0 Å². The minimum absolute atomic E-state index is 0.0813. The van der Waals surface area contributed by atoms with Gasteiger partial charge < -0.3 is 15.0 Å². The van der Waals surface area contributed by atoms with Crippen molar-refractivity contribution in [2.75, 3.05) is 33.4 Å². The number of allylic oxidation sites excluding steroid dienone is 1. The van der Waals surface area contributed by atoms with Crippen molar-refractivity contribution in [2.45, 2.75) is 25.8 Å². The normalized spacial score (nSPS) is 17.3. The van der Waals surface area contributed by atoms with Crippen LogP contribution in [0.3, 0.4) is 0 Å². The molecule has 0 radical (unpaired) electrons. The highest BCUT2D eigenvalue weighted by atomic mass is 19.1. The summed E-state index contributed by atoms with van der Waals surface area (Å²) in [6.07, 6.45) is 3.50. The molecule has 0 aromatic heterocycles. The van der Waals surface area contributed by atoms with Crippen molar-refractivity contribution in [1.29, 1.82) is 0 Å². The van der Waals surface area contributed by atoms with Crippen LogP contribution in [0.15, 0.2) is 30.3 Å². The zero-order valence-corrected chi connectivity index (χ0v) is 13.8. The van der Waals surface area contributed by atoms with Crippen molar-refractivity contribution in [3.63, 3.8) is 0 Å². The average Bonchev–Trinajstić information content (AvgIpc) is 2.54. The average molecular weight is 320 g/mol. The van der Waals surface area contributed by atoms with Crippen LogP contribution in [-0.2, 0) is 9.53 Å². The number of rotatable bonds is 6. The fourth-order valence-corrected chi connectivity index (χ4v) is 2.76. The Bertz CT molecular complexity index is 534. The standard InChI is InChI=1S/C18H25FN2O2/c1-14(15-3-5-16(19)6-4-15)13-18(22)20-17-7-9-21(10-8-17)11-12-23-2/h3-6,13,17H,7-12H2,1-2H3,(H,20,22). The van der Waals surface area contributed by atoms with Crippen LogP contribution in [0.25, 0.3) is 5.57 Å². The number of hydrogen-bond acceptors (Lipinski definition) is 3. The zero-order valence-electron chi connectivity index (χ0n) is 13.8.